The molecular weight excluding hydrogens is 819 g/mol. The summed E-state index contributed by atoms with van der Waals surface area (Å²) >= 11 is 0. The predicted octanol–water partition coefficient (Wildman–Crippen LogP) is 4.43. The van der Waals surface area contributed by atoms with Crippen LogP contribution in [0.1, 0.15) is 93.1 Å². The van der Waals surface area contributed by atoms with Crippen molar-refractivity contribution >= 4 is 46.8 Å². The largest absolute Gasteiger partial charge is 0.508 e. The summed E-state index contributed by atoms with van der Waals surface area (Å²) in [4.78, 5) is 83.1. The maximum Gasteiger partial charge on any atom is 0.289 e. The molecule has 0 aliphatic carbocycles. The van der Waals surface area contributed by atoms with E-state index < -0.39 is 17.9 Å². The number of aromatic hydroxyl groups is 2. The number of carbonyl (C=O) groups is 6. The zero-order valence-corrected chi connectivity index (χ0v) is 36.0. The maximum absolute atomic E-state index is 13.8. The normalized spacial score (nSPS) is 16.2. The third kappa shape index (κ3) is 8.35. The standard InChI is InChI=1S/C47H49N9O8/c1-5-48-45(62)43-52-51-42(34-23-33(26(2)3)38(57)24-39(34)58)56(43)30-12-9-28(10-13-30)46(63)54-19-17-53(18-20-54)31-14-11-29(27(4)21-31)22-41(60)49-36-8-6-7-32-35(36)25-55(47(32)64)37-15-16-40(59)50-44(37)61/h6-14,21,23-24,26,37,57-58H,5,15-20,22,25H2,1-4H3,(H,48,62)(H,49,60)(H,50,59,61). The molecule has 5 N–H and O–H groups in total. The highest BCUT2D eigenvalue weighted by molar-refractivity contribution is 6.07. The first-order valence-electron chi connectivity index (χ1n) is 21.3. The predicted molar refractivity (Wildman–Crippen MR) is 236 cm³/mol. The quantitative estimate of drug-likeness (QED) is 0.117. The molecule has 0 spiro atoms. The summed E-state index contributed by atoms with van der Waals surface area (Å²) in [5, 5.41) is 37.8. The molecule has 64 heavy (non-hydrogen) atoms. The van der Waals surface area contributed by atoms with Crippen LogP contribution in [0.25, 0.3) is 17.1 Å². The van der Waals surface area contributed by atoms with E-state index in [0.717, 1.165) is 16.8 Å². The van der Waals surface area contributed by atoms with Crippen LogP contribution in [0.2, 0.25) is 0 Å². The van der Waals surface area contributed by atoms with Gasteiger partial charge < -0.3 is 35.5 Å². The Morgan fingerprint density at radius 2 is 1.61 bits per heavy atom. The molecule has 1 unspecified atom stereocenters. The van der Waals surface area contributed by atoms with Crippen molar-refractivity contribution < 1.29 is 39.0 Å². The highest BCUT2D eigenvalue weighted by atomic mass is 16.3. The summed E-state index contributed by atoms with van der Waals surface area (Å²) in [5.74, 6) is -2.19. The van der Waals surface area contributed by atoms with Gasteiger partial charge in [0.2, 0.25) is 23.5 Å². The van der Waals surface area contributed by atoms with Crippen molar-refractivity contribution in [3.05, 3.63) is 112 Å². The van der Waals surface area contributed by atoms with Gasteiger partial charge in [-0.3, -0.25) is 38.7 Å². The number of anilines is 2. The van der Waals surface area contributed by atoms with Crippen molar-refractivity contribution in [2.75, 3.05) is 42.9 Å². The monoisotopic (exact) mass is 867 g/mol. The van der Waals surface area contributed by atoms with Gasteiger partial charge in [-0.15, -0.1) is 10.2 Å². The van der Waals surface area contributed by atoms with Crippen LogP contribution in [0, 0.1) is 6.92 Å². The van der Waals surface area contributed by atoms with Gasteiger partial charge in [0.15, 0.2) is 5.82 Å². The molecule has 1 atom stereocenters. The fourth-order valence-electron chi connectivity index (χ4n) is 8.57. The van der Waals surface area contributed by atoms with E-state index in [1.165, 1.54) is 15.5 Å². The van der Waals surface area contributed by atoms with Crippen molar-refractivity contribution in [1.29, 1.82) is 0 Å². The Labute approximate surface area is 369 Å². The number of fused-ring (bicyclic) bond motifs is 1. The van der Waals surface area contributed by atoms with Crippen molar-refractivity contribution in [2.45, 2.75) is 65.5 Å². The Kier molecular flexibility index (Phi) is 11.9. The molecule has 2 fully saturated rings. The lowest BCUT2D eigenvalue weighted by atomic mass is 9.98. The highest BCUT2D eigenvalue weighted by Crippen LogP contribution is 2.38. The van der Waals surface area contributed by atoms with E-state index >= 15 is 0 Å². The van der Waals surface area contributed by atoms with Crippen LogP contribution in [0.3, 0.4) is 0 Å². The van der Waals surface area contributed by atoms with Crippen molar-refractivity contribution in [2.24, 2.45) is 0 Å². The van der Waals surface area contributed by atoms with Gasteiger partial charge >= 0.3 is 0 Å². The second kappa shape index (κ2) is 17.7. The van der Waals surface area contributed by atoms with E-state index in [1.807, 2.05) is 39.0 Å². The number of piperidine rings is 1. The number of phenols is 2. The fraction of sp³-hybridized carbons (Fsp3) is 0.319. The van der Waals surface area contributed by atoms with Gasteiger partial charge in [-0.05, 0) is 97.5 Å². The number of benzene rings is 4. The maximum atomic E-state index is 13.8. The minimum Gasteiger partial charge on any atom is -0.508 e. The molecule has 3 aliphatic heterocycles. The number of hydrogen-bond acceptors (Lipinski definition) is 11. The lowest BCUT2D eigenvalue weighted by Crippen LogP contribution is -2.52. The molecule has 0 saturated carbocycles. The molecule has 4 aromatic carbocycles. The zero-order chi connectivity index (χ0) is 45.4. The van der Waals surface area contributed by atoms with Crippen LogP contribution in [-0.4, -0.2) is 109 Å². The lowest BCUT2D eigenvalue weighted by molar-refractivity contribution is -0.137. The number of imide groups is 1. The summed E-state index contributed by atoms with van der Waals surface area (Å²) in [6.07, 6.45) is 0.507. The number of aromatic nitrogens is 3. The van der Waals surface area contributed by atoms with Crippen molar-refractivity contribution in [3.8, 4) is 28.6 Å². The third-order valence-corrected chi connectivity index (χ3v) is 12.0. The number of piperazine rings is 1. The first-order chi connectivity index (χ1) is 30.7. The number of phenolic OH excluding ortho intramolecular Hbond substituents is 2. The van der Waals surface area contributed by atoms with Crippen LogP contribution < -0.4 is 20.9 Å². The molecule has 17 heteroatoms. The van der Waals surface area contributed by atoms with Gasteiger partial charge in [-0.2, -0.15) is 0 Å². The topological polar surface area (TPSA) is 219 Å². The second-order valence-corrected chi connectivity index (χ2v) is 16.5. The number of amides is 6. The van der Waals surface area contributed by atoms with Crippen molar-refractivity contribution in [1.82, 2.24) is 35.2 Å². The molecule has 17 nitrogen and oxygen atoms in total. The van der Waals surface area contributed by atoms with Gasteiger partial charge in [0.1, 0.15) is 17.5 Å². The van der Waals surface area contributed by atoms with Crippen LogP contribution in [0.4, 0.5) is 11.4 Å². The molecule has 5 aromatic rings. The summed E-state index contributed by atoms with van der Waals surface area (Å²) in [5.41, 5.74) is 6.12. The molecular formula is C47H49N9O8. The van der Waals surface area contributed by atoms with E-state index in [1.54, 1.807) is 60.4 Å². The number of hydrogen-bond donors (Lipinski definition) is 5. The summed E-state index contributed by atoms with van der Waals surface area (Å²) in [7, 11) is 0. The summed E-state index contributed by atoms with van der Waals surface area (Å²) < 4.78 is 1.52. The van der Waals surface area contributed by atoms with Crippen LogP contribution in [-0.2, 0) is 27.3 Å². The number of nitrogens with zero attached hydrogens (tertiary/aromatic N) is 6. The molecule has 2 saturated heterocycles. The Hall–Kier alpha value is -7.56. The summed E-state index contributed by atoms with van der Waals surface area (Å²) in [6, 6.07) is 20.0. The smallest absolute Gasteiger partial charge is 0.289 e. The Morgan fingerprint density at radius 3 is 2.30 bits per heavy atom. The molecule has 3 aliphatic rings. The van der Waals surface area contributed by atoms with Gasteiger partial charge in [-0.25, -0.2) is 0 Å². The zero-order valence-electron chi connectivity index (χ0n) is 36.0. The SMILES string of the molecule is CCNC(=O)c1nnc(-c2cc(C(C)C)c(O)cc2O)n1-c1ccc(C(=O)N2CCN(c3ccc(CC(=O)Nc4cccc5c4CN(C4CCC(=O)NC4=O)C5=O)c(C)c3)CC2)cc1. The Morgan fingerprint density at radius 1 is 0.875 bits per heavy atom. The second-order valence-electron chi connectivity index (χ2n) is 16.5. The molecule has 330 valence electrons. The molecule has 4 heterocycles. The Bertz CT molecular complexity index is 2700. The van der Waals surface area contributed by atoms with Gasteiger partial charge in [0.25, 0.3) is 17.7 Å². The first kappa shape index (κ1) is 43.1. The first-order valence-corrected chi connectivity index (χ1v) is 21.3. The van der Waals surface area contributed by atoms with Crippen molar-refractivity contribution in [3.63, 3.8) is 0 Å². The number of aryl methyl sites for hydroxylation is 1. The molecule has 1 aromatic heterocycles. The lowest BCUT2D eigenvalue weighted by Gasteiger charge is -2.36. The van der Waals surface area contributed by atoms with Gasteiger partial charge in [0.05, 0.1) is 12.0 Å². The fourth-order valence-corrected chi connectivity index (χ4v) is 8.57. The number of nitrogens with one attached hydrogen (secondary N) is 3. The number of carbonyl (C=O) groups excluding carboxylic acids is 6. The third-order valence-electron chi connectivity index (χ3n) is 12.0. The van der Waals surface area contributed by atoms with E-state index in [9.17, 15) is 39.0 Å². The van der Waals surface area contributed by atoms with Gasteiger partial charge in [-0.1, -0.05) is 26.0 Å². The molecule has 6 amide bonds. The van der Waals surface area contributed by atoms with E-state index in [4.69, 9.17) is 0 Å². The van der Waals surface area contributed by atoms with Crippen LogP contribution in [0.15, 0.2) is 72.8 Å². The van der Waals surface area contributed by atoms with Gasteiger partial charge in [0, 0.05) is 85.5 Å². The highest BCUT2D eigenvalue weighted by Gasteiger charge is 2.40. The van der Waals surface area contributed by atoms with E-state index in [2.05, 4.69) is 31.0 Å². The number of rotatable bonds is 11. The molecule has 0 radical (unpaired) electrons. The minimum atomic E-state index is -0.752. The molecule has 8 rings (SSSR count). The average molecular weight is 868 g/mol. The minimum absolute atomic E-state index is 0.00689. The summed E-state index contributed by atoms with van der Waals surface area (Å²) in [6.45, 7) is 10.2. The molecule has 0 bridgehead atoms. The van der Waals surface area contributed by atoms with Crippen LogP contribution >= 0.6 is 0 Å². The van der Waals surface area contributed by atoms with E-state index in [0.29, 0.717) is 66.4 Å². The van der Waals surface area contributed by atoms with E-state index in [-0.39, 0.29) is 84.1 Å². The average Bonchev–Trinajstić information content (AvgIpc) is 3.86. The Balaban J connectivity index is 0.899. The van der Waals surface area contributed by atoms with Crippen LogP contribution in [0.5, 0.6) is 11.5 Å².